The number of nitrogens with zero attached hydrogens (tertiary/aromatic N) is 3. The van der Waals surface area contributed by atoms with E-state index in [1.165, 1.54) is 0 Å². The first-order valence-electron chi connectivity index (χ1n) is 9.17. The van der Waals surface area contributed by atoms with Crippen LogP contribution >= 0.6 is 0 Å². The van der Waals surface area contributed by atoms with Crippen LogP contribution in [-0.4, -0.2) is 41.0 Å². The summed E-state index contributed by atoms with van der Waals surface area (Å²) in [7, 11) is 0. The van der Waals surface area contributed by atoms with Gasteiger partial charge in [-0.1, -0.05) is 12.1 Å². The van der Waals surface area contributed by atoms with Crippen molar-refractivity contribution in [2.45, 2.75) is 6.42 Å². The minimum absolute atomic E-state index is 0.0633. The molecule has 9 heteroatoms. The van der Waals surface area contributed by atoms with Crippen molar-refractivity contribution in [1.82, 2.24) is 20.5 Å². The van der Waals surface area contributed by atoms with Crippen LogP contribution < -0.4 is 25.4 Å². The Bertz CT molecular complexity index is 966. The van der Waals surface area contributed by atoms with E-state index in [1.54, 1.807) is 6.20 Å². The first kappa shape index (κ1) is 18.5. The molecule has 1 amide bonds. The molecule has 3 heterocycles. The maximum Gasteiger partial charge on any atom is 0.231 e. The zero-order valence-electron chi connectivity index (χ0n) is 15.6. The number of pyridine rings is 1. The van der Waals surface area contributed by atoms with Gasteiger partial charge in [0, 0.05) is 19.3 Å². The Balaban J connectivity index is 1.18. The van der Waals surface area contributed by atoms with Gasteiger partial charge < -0.3 is 25.4 Å². The SMILES string of the molecule is O=C(Cc1ccc2c(c1)OCO2)NCCNc1ccc(Nc2ccccn2)nn1. The van der Waals surface area contributed by atoms with Crippen LogP contribution in [0.1, 0.15) is 5.56 Å². The van der Waals surface area contributed by atoms with Crippen LogP contribution in [-0.2, 0) is 11.2 Å². The molecule has 0 bridgehead atoms. The predicted octanol–water partition coefficient (Wildman–Crippen LogP) is 2.11. The highest BCUT2D eigenvalue weighted by Crippen LogP contribution is 2.32. The molecule has 0 atom stereocenters. The van der Waals surface area contributed by atoms with Gasteiger partial charge in [-0.3, -0.25) is 4.79 Å². The zero-order valence-corrected chi connectivity index (χ0v) is 15.6. The molecule has 0 saturated heterocycles. The molecule has 0 unspecified atom stereocenters. The predicted molar refractivity (Wildman–Crippen MR) is 107 cm³/mol. The van der Waals surface area contributed by atoms with E-state index in [9.17, 15) is 4.79 Å². The third-order valence-corrected chi connectivity index (χ3v) is 4.14. The van der Waals surface area contributed by atoms with Gasteiger partial charge in [0.25, 0.3) is 0 Å². The topological polar surface area (TPSA) is 110 Å². The molecule has 0 fully saturated rings. The van der Waals surface area contributed by atoms with Crippen molar-refractivity contribution in [1.29, 1.82) is 0 Å². The average molecular weight is 392 g/mol. The molecule has 29 heavy (non-hydrogen) atoms. The average Bonchev–Trinajstić information content (AvgIpc) is 3.21. The second-order valence-electron chi connectivity index (χ2n) is 6.28. The highest BCUT2D eigenvalue weighted by molar-refractivity contribution is 5.78. The summed E-state index contributed by atoms with van der Waals surface area (Å²) in [5.41, 5.74) is 0.876. The number of nitrogens with one attached hydrogen (secondary N) is 3. The molecule has 0 spiro atoms. The molecule has 0 radical (unpaired) electrons. The number of aromatic nitrogens is 3. The van der Waals surface area contributed by atoms with Gasteiger partial charge in [-0.05, 0) is 42.0 Å². The van der Waals surface area contributed by atoms with Gasteiger partial charge in [-0.15, -0.1) is 10.2 Å². The molecular weight excluding hydrogens is 372 g/mol. The number of benzene rings is 1. The normalized spacial score (nSPS) is 11.7. The summed E-state index contributed by atoms with van der Waals surface area (Å²) in [5.74, 6) is 3.25. The quantitative estimate of drug-likeness (QED) is 0.500. The van der Waals surface area contributed by atoms with Gasteiger partial charge in [0.05, 0.1) is 6.42 Å². The Kier molecular flexibility index (Phi) is 5.65. The smallest absolute Gasteiger partial charge is 0.231 e. The van der Waals surface area contributed by atoms with E-state index in [0.29, 0.717) is 42.0 Å². The zero-order chi connectivity index (χ0) is 19.9. The number of ether oxygens (including phenoxy) is 2. The summed E-state index contributed by atoms with van der Waals surface area (Å²) in [4.78, 5) is 16.3. The van der Waals surface area contributed by atoms with Crippen LogP contribution in [0.2, 0.25) is 0 Å². The van der Waals surface area contributed by atoms with E-state index >= 15 is 0 Å². The van der Waals surface area contributed by atoms with Crippen LogP contribution in [0.4, 0.5) is 17.5 Å². The van der Waals surface area contributed by atoms with Crippen molar-refractivity contribution < 1.29 is 14.3 Å². The van der Waals surface area contributed by atoms with Gasteiger partial charge >= 0.3 is 0 Å². The van der Waals surface area contributed by atoms with Crippen molar-refractivity contribution in [2.75, 3.05) is 30.5 Å². The van der Waals surface area contributed by atoms with Gasteiger partial charge in [-0.2, -0.15) is 0 Å². The highest BCUT2D eigenvalue weighted by Gasteiger charge is 2.14. The van der Waals surface area contributed by atoms with E-state index in [2.05, 4.69) is 31.1 Å². The second-order valence-corrected chi connectivity index (χ2v) is 6.28. The van der Waals surface area contributed by atoms with Crippen molar-refractivity contribution in [2.24, 2.45) is 0 Å². The summed E-state index contributed by atoms with van der Waals surface area (Å²) in [6.07, 6.45) is 1.98. The molecule has 3 aromatic rings. The maximum atomic E-state index is 12.1. The van der Waals surface area contributed by atoms with Crippen LogP contribution in [0.5, 0.6) is 11.5 Å². The maximum absolute atomic E-state index is 12.1. The first-order chi connectivity index (χ1) is 14.3. The van der Waals surface area contributed by atoms with Crippen molar-refractivity contribution in [3.63, 3.8) is 0 Å². The molecule has 0 saturated carbocycles. The summed E-state index contributed by atoms with van der Waals surface area (Å²) < 4.78 is 10.6. The fourth-order valence-corrected chi connectivity index (χ4v) is 2.75. The van der Waals surface area contributed by atoms with E-state index in [-0.39, 0.29) is 19.1 Å². The summed E-state index contributed by atoms with van der Waals surface area (Å²) >= 11 is 0. The number of carbonyl (C=O) groups excluding carboxylic acids is 1. The Morgan fingerprint density at radius 3 is 2.62 bits per heavy atom. The fourth-order valence-electron chi connectivity index (χ4n) is 2.75. The number of anilines is 3. The Hall–Kier alpha value is -3.88. The van der Waals surface area contributed by atoms with Crippen molar-refractivity contribution >= 4 is 23.4 Å². The number of carbonyl (C=O) groups is 1. The van der Waals surface area contributed by atoms with E-state index in [4.69, 9.17) is 9.47 Å². The number of amides is 1. The fraction of sp³-hybridized carbons (Fsp3) is 0.200. The van der Waals surface area contributed by atoms with E-state index in [0.717, 1.165) is 5.56 Å². The summed E-state index contributed by atoms with van der Waals surface area (Å²) in [6, 6.07) is 14.7. The van der Waals surface area contributed by atoms with Crippen LogP contribution in [0.15, 0.2) is 54.7 Å². The van der Waals surface area contributed by atoms with Crippen LogP contribution in [0.3, 0.4) is 0 Å². The molecule has 1 aromatic carbocycles. The standard InChI is InChI=1S/C20H20N6O3/c27-20(12-14-4-5-15-16(11-14)29-13-28-15)23-10-9-22-18-6-7-19(26-25-18)24-17-3-1-2-8-21-17/h1-8,11H,9-10,12-13H2,(H,22,25)(H,23,27)(H,21,24,26). The van der Waals surface area contributed by atoms with Crippen LogP contribution in [0.25, 0.3) is 0 Å². The lowest BCUT2D eigenvalue weighted by Gasteiger charge is -2.08. The number of hydrogen-bond acceptors (Lipinski definition) is 8. The van der Waals surface area contributed by atoms with Gasteiger partial charge in [0.1, 0.15) is 11.6 Å². The Morgan fingerprint density at radius 1 is 0.931 bits per heavy atom. The summed E-state index contributed by atoms with van der Waals surface area (Å²) in [6.45, 7) is 1.23. The highest BCUT2D eigenvalue weighted by atomic mass is 16.7. The lowest BCUT2D eigenvalue weighted by atomic mass is 10.1. The van der Waals surface area contributed by atoms with Crippen molar-refractivity contribution in [3.05, 3.63) is 60.3 Å². The van der Waals surface area contributed by atoms with Gasteiger partial charge in [0.15, 0.2) is 17.3 Å². The molecule has 3 N–H and O–H groups in total. The van der Waals surface area contributed by atoms with Crippen molar-refractivity contribution in [3.8, 4) is 11.5 Å². The van der Waals surface area contributed by atoms with Crippen LogP contribution in [0, 0.1) is 0 Å². The third-order valence-electron chi connectivity index (χ3n) is 4.14. The lowest BCUT2D eigenvalue weighted by Crippen LogP contribution is -2.30. The lowest BCUT2D eigenvalue weighted by molar-refractivity contribution is -0.120. The molecule has 1 aliphatic rings. The molecular formula is C20H20N6O3. The number of fused-ring (bicyclic) bond motifs is 1. The minimum Gasteiger partial charge on any atom is -0.454 e. The summed E-state index contributed by atoms with van der Waals surface area (Å²) in [5, 5.41) is 17.3. The third kappa shape index (κ3) is 5.10. The van der Waals surface area contributed by atoms with Gasteiger partial charge in [-0.25, -0.2) is 4.98 Å². The van der Waals surface area contributed by atoms with E-state index < -0.39 is 0 Å². The molecule has 148 valence electrons. The largest absolute Gasteiger partial charge is 0.454 e. The molecule has 9 nitrogen and oxygen atoms in total. The molecule has 4 rings (SSSR count). The monoisotopic (exact) mass is 392 g/mol. The first-order valence-corrected chi connectivity index (χ1v) is 9.17. The number of hydrogen-bond donors (Lipinski definition) is 3. The molecule has 0 aliphatic carbocycles. The molecule has 1 aliphatic heterocycles. The van der Waals surface area contributed by atoms with Gasteiger partial charge in [0.2, 0.25) is 12.7 Å². The minimum atomic E-state index is -0.0633. The second kappa shape index (κ2) is 8.87. The number of rotatable bonds is 8. The van der Waals surface area contributed by atoms with E-state index in [1.807, 2.05) is 48.5 Å². The Labute approximate surface area is 167 Å². The molecule has 2 aromatic heterocycles. The Morgan fingerprint density at radius 2 is 1.79 bits per heavy atom.